The highest BCUT2D eigenvalue weighted by Crippen LogP contribution is 2.44. The average Bonchev–Trinajstić information content (AvgIpc) is 2.54. The molecular formula is C13H20O. The Hall–Kier alpha value is -0.560. The monoisotopic (exact) mass is 192 g/mol. The first-order valence-electron chi connectivity index (χ1n) is 5.60. The summed E-state index contributed by atoms with van der Waals surface area (Å²) in [5.41, 5.74) is 2.89. The van der Waals surface area contributed by atoms with Crippen LogP contribution in [0.2, 0.25) is 0 Å². The summed E-state index contributed by atoms with van der Waals surface area (Å²) < 4.78 is 6.12. The van der Waals surface area contributed by atoms with E-state index in [0.717, 1.165) is 0 Å². The van der Waals surface area contributed by atoms with E-state index in [4.69, 9.17) is 4.74 Å². The molecule has 0 bridgehead atoms. The van der Waals surface area contributed by atoms with E-state index in [-0.39, 0.29) is 11.7 Å². The Morgan fingerprint density at radius 1 is 1.36 bits per heavy atom. The van der Waals surface area contributed by atoms with Gasteiger partial charge >= 0.3 is 0 Å². The zero-order valence-corrected chi connectivity index (χ0v) is 9.63. The van der Waals surface area contributed by atoms with Gasteiger partial charge in [-0.3, -0.25) is 0 Å². The van der Waals surface area contributed by atoms with Crippen molar-refractivity contribution in [1.29, 1.82) is 0 Å². The number of allylic oxidation sites excluding steroid dienone is 1. The Labute approximate surface area is 86.8 Å². The van der Waals surface area contributed by atoms with Crippen LogP contribution in [0.4, 0.5) is 0 Å². The van der Waals surface area contributed by atoms with E-state index in [2.05, 4.69) is 39.8 Å². The van der Waals surface area contributed by atoms with Gasteiger partial charge in [-0.25, -0.2) is 0 Å². The maximum atomic E-state index is 6.12. The van der Waals surface area contributed by atoms with Crippen LogP contribution in [0.5, 0.6) is 0 Å². The number of hydrogen-bond donors (Lipinski definition) is 0. The summed E-state index contributed by atoms with van der Waals surface area (Å²) in [5, 5.41) is 0. The lowest BCUT2D eigenvalue weighted by Crippen LogP contribution is -2.40. The second-order valence-corrected chi connectivity index (χ2v) is 4.82. The van der Waals surface area contributed by atoms with E-state index in [0.29, 0.717) is 5.92 Å². The summed E-state index contributed by atoms with van der Waals surface area (Å²) in [4.78, 5) is 0. The number of rotatable bonds is 0. The van der Waals surface area contributed by atoms with Gasteiger partial charge in [0.05, 0.1) is 6.10 Å². The van der Waals surface area contributed by atoms with E-state index < -0.39 is 0 Å². The van der Waals surface area contributed by atoms with Crippen LogP contribution >= 0.6 is 0 Å². The van der Waals surface area contributed by atoms with Crippen LogP contribution in [0.3, 0.4) is 0 Å². The lowest BCUT2D eigenvalue weighted by molar-refractivity contribution is -0.0323. The second kappa shape index (κ2) is 3.23. The van der Waals surface area contributed by atoms with Crippen LogP contribution < -0.4 is 0 Å². The number of ether oxygens (including phenoxy) is 1. The minimum absolute atomic E-state index is 0.0677. The molecule has 0 aromatic heterocycles. The highest BCUT2D eigenvalue weighted by atomic mass is 16.5. The fourth-order valence-corrected chi connectivity index (χ4v) is 2.70. The molecule has 2 aliphatic rings. The fourth-order valence-electron chi connectivity index (χ4n) is 2.70. The highest BCUT2D eigenvalue weighted by molar-refractivity contribution is 5.35. The summed E-state index contributed by atoms with van der Waals surface area (Å²) in [6.07, 6.45) is 7.23. The minimum atomic E-state index is -0.0677. The van der Waals surface area contributed by atoms with Crippen LogP contribution in [0.1, 0.15) is 40.5 Å². The zero-order valence-electron chi connectivity index (χ0n) is 9.63. The van der Waals surface area contributed by atoms with E-state index in [1.54, 1.807) is 0 Å². The van der Waals surface area contributed by atoms with E-state index in [1.807, 2.05) is 0 Å². The fraction of sp³-hybridized carbons (Fsp3) is 0.692. The highest BCUT2D eigenvalue weighted by Gasteiger charge is 2.43. The van der Waals surface area contributed by atoms with Gasteiger partial charge < -0.3 is 4.74 Å². The Kier molecular flexibility index (Phi) is 2.30. The predicted molar refractivity (Wildman–Crippen MR) is 59.2 cm³/mol. The van der Waals surface area contributed by atoms with Crippen molar-refractivity contribution in [3.05, 3.63) is 23.3 Å². The Balaban J connectivity index is 2.41. The molecule has 0 saturated heterocycles. The third kappa shape index (κ3) is 1.26. The lowest BCUT2D eigenvalue weighted by atomic mass is 9.73. The molecule has 1 spiro atoms. The molecule has 78 valence electrons. The topological polar surface area (TPSA) is 9.23 Å². The molecule has 1 heteroatoms. The van der Waals surface area contributed by atoms with Crippen LogP contribution in [0.15, 0.2) is 23.3 Å². The molecule has 3 unspecified atom stereocenters. The summed E-state index contributed by atoms with van der Waals surface area (Å²) in [6.45, 7) is 8.89. The molecule has 0 fully saturated rings. The van der Waals surface area contributed by atoms with Crippen molar-refractivity contribution < 1.29 is 4.74 Å². The van der Waals surface area contributed by atoms with Crippen molar-refractivity contribution in [3.8, 4) is 0 Å². The van der Waals surface area contributed by atoms with Crippen molar-refractivity contribution in [3.63, 3.8) is 0 Å². The summed E-state index contributed by atoms with van der Waals surface area (Å²) in [5.74, 6) is 0.618. The second-order valence-electron chi connectivity index (χ2n) is 4.82. The van der Waals surface area contributed by atoms with Crippen molar-refractivity contribution in [2.45, 2.75) is 52.2 Å². The molecule has 0 amide bonds. The molecule has 0 radical (unpaired) electrons. The van der Waals surface area contributed by atoms with E-state index in [1.165, 1.54) is 24.0 Å². The van der Waals surface area contributed by atoms with Gasteiger partial charge in [0.25, 0.3) is 0 Å². The van der Waals surface area contributed by atoms with Crippen molar-refractivity contribution in [1.82, 2.24) is 0 Å². The van der Waals surface area contributed by atoms with Gasteiger partial charge in [0.15, 0.2) is 0 Å². The first kappa shape index (κ1) is 9.97. The molecule has 3 atom stereocenters. The molecule has 1 nitrogen and oxygen atoms in total. The standard InChI is InChI=1S/C13H20O/c1-9-5-6-10(2)13(12(9)4)8-7-11(3)14-13/h7-8,10-11H,5-6H2,1-4H3. The Bertz CT molecular complexity index is 300. The van der Waals surface area contributed by atoms with Gasteiger partial charge in [0.1, 0.15) is 5.60 Å². The summed E-state index contributed by atoms with van der Waals surface area (Å²) >= 11 is 0. The largest absolute Gasteiger partial charge is 0.359 e. The molecule has 2 rings (SSSR count). The van der Waals surface area contributed by atoms with Crippen LogP contribution in [0, 0.1) is 5.92 Å². The van der Waals surface area contributed by atoms with Gasteiger partial charge in [-0.2, -0.15) is 0 Å². The summed E-state index contributed by atoms with van der Waals surface area (Å²) in [6, 6.07) is 0. The molecule has 1 aliphatic heterocycles. The SMILES string of the molecule is CC1=C(C)C2(C=CC(C)O2)C(C)CC1. The molecule has 0 N–H and O–H groups in total. The van der Waals surface area contributed by atoms with Gasteiger partial charge in [-0.1, -0.05) is 18.6 Å². The van der Waals surface area contributed by atoms with Gasteiger partial charge in [-0.15, -0.1) is 0 Å². The van der Waals surface area contributed by atoms with Crippen molar-refractivity contribution in [2.24, 2.45) is 5.92 Å². The maximum absolute atomic E-state index is 6.12. The smallest absolute Gasteiger partial charge is 0.111 e. The average molecular weight is 192 g/mol. The van der Waals surface area contributed by atoms with Crippen molar-refractivity contribution >= 4 is 0 Å². The molecule has 0 aromatic carbocycles. The summed E-state index contributed by atoms with van der Waals surface area (Å²) in [7, 11) is 0. The zero-order chi connectivity index (χ0) is 10.3. The Morgan fingerprint density at radius 3 is 2.64 bits per heavy atom. The Morgan fingerprint density at radius 2 is 2.07 bits per heavy atom. The van der Waals surface area contributed by atoms with Gasteiger partial charge in [0, 0.05) is 0 Å². The van der Waals surface area contributed by atoms with E-state index >= 15 is 0 Å². The molecule has 0 aromatic rings. The minimum Gasteiger partial charge on any atom is -0.359 e. The van der Waals surface area contributed by atoms with Gasteiger partial charge in [-0.05, 0) is 51.2 Å². The van der Waals surface area contributed by atoms with Gasteiger partial charge in [0.2, 0.25) is 0 Å². The van der Waals surface area contributed by atoms with Crippen molar-refractivity contribution in [2.75, 3.05) is 0 Å². The van der Waals surface area contributed by atoms with E-state index in [9.17, 15) is 0 Å². The predicted octanol–water partition coefficient (Wildman–Crippen LogP) is 3.47. The first-order valence-corrected chi connectivity index (χ1v) is 5.60. The molecule has 0 saturated carbocycles. The third-order valence-corrected chi connectivity index (χ3v) is 3.91. The molecular weight excluding hydrogens is 172 g/mol. The van der Waals surface area contributed by atoms with Crippen LogP contribution in [-0.4, -0.2) is 11.7 Å². The van der Waals surface area contributed by atoms with Crippen LogP contribution in [-0.2, 0) is 4.74 Å². The van der Waals surface area contributed by atoms with Crippen LogP contribution in [0.25, 0.3) is 0 Å². The normalized spacial score (nSPS) is 42.6. The number of hydrogen-bond acceptors (Lipinski definition) is 1. The maximum Gasteiger partial charge on any atom is 0.111 e. The quantitative estimate of drug-likeness (QED) is 0.534. The molecule has 1 heterocycles. The molecule has 1 aliphatic carbocycles. The molecule has 14 heavy (non-hydrogen) atoms. The first-order chi connectivity index (χ1) is 6.56. The third-order valence-electron chi connectivity index (χ3n) is 3.91. The lowest BCUT2D eigenvalue weighted by Gasteiger charge is -2.40.